The fraction of sp³-hybridized carbons (Fsp3) is 0.500. The lowest BCUT2D eigenvalue weighted by atomic mass is 9.93. The number of ether oxygens (including phenoxy) is 1. The molecule has 0 aliphatic heterocycles. The van der Waals surface area contributed by atoms with Crippen LogP contribution in [0.1, 0.15) is 32.3 Å². The topological polar surface area (TPSA) is 64.4 Å². The summed E-state index contributed by atoms with van der Waals surface area (Å²) in [5, 5.41) is 2.87. The molecule has 1 amide bonds. The standard InChI is InChI=1S/C14H22N2O2/c1-4-14(15,5-2)13(17)16-10-11-8-6-7-9-12(11)18-3/h6-9H,4-5,10,15H2,1-3H3,(H,16,17). The molecular weight excluding hydrogens is 228 g/mol. The zero-order chi connectivity index (χ0) is 13.6. The van der Waals surface area contributed by atoms with E-state index in [9.17, 15) is 4.79 Å². The second kappa shape index (κ2) is 6.40. The van der Waals surface area contributed by atoms with Gasteiger partial charge in [-0.3, -0.25) is 4.79 Å². The third-order valence-corrected chi connectivity index (χ3v) is 3.35. The summed E-state index contributed by atoms with van der Waals surface area (Å²) < 4.78 is 5.23. The molecule has 1 aromatic carbocycles. The van der Waals surface area contributed by atoms with E-state index in [0.717, 1.165) is 11.3 Å². The van der Waals surface area contributed by atoms with E-state index in [1.165, 1.54) is 0 Å². The fourth-order valence-corrected chi connectivity index (χ4v) is 1.77. The van der Waals surface area contributed by atoms with Gasteiger partial charge in [0.1, 0.15) is 5.75 Å². The molecule has 0 aliphatic carbocycles. The first-order valence-corrected chi connectivity index (χ1v) is 6.26. The molecule has 0 bridgehead atoms. The summed E-state index contributed by atoms with van der Waals surface area (Å²) in [6.07, 6.45) is 1.25. The van der Waals surface area contributed by atoms with Crippen molar-refractivity contribution in [3.8, 4) is 5.75 Å². The number of nitrogens with one attached hydrogen (secondary N) is 1. The van der Waals surface area contributed by atoms with Gasteiger partial charge in [0, 0.05) is 12.1 Å². The molecule has 4 heteroatoms. The van der Waals surface area contributed by atoms with E-state index in [-0.39, 0.29) is 5.91 Å². The molecule has 0 aromatic heterocycles. The SMILES string of the molecule is CCC(N)(CC)C(=O)NCc1ccccc1OC. The predicted octanol–water partition coefficient (Wildman–Crippen LogP) is 1.83. The molecule has 18 heavy (non-hydrogen) atoms. The van der Waals surface area contributed by atoms with E-state index in [0.29, 0.717) is 19.4 Å². The van der Waals surface area contributed by atoms with Gasteiger partial charge in [0.15, 0.2) is 0 Å². The monoisotopic (exact) mass is 250 g/mol. The van der Waals surface area contributed by atoms with Crippen LogP contribution >= 0.6 is 0 Å². The number of methoxy groups -OCH3 is 1. The minimum Gasteiger partial charge on any atom is -0.496 e. The molecule has 3 N–H and O–H groups in total. The Hall–Kier alpha value is -1.55. The number of para-hydroxylation sites is 1. The number of hydrogen-bond acceptors (Lipinski definition) is 3. The van der Waals surface area contributed by atoms with Crippen molar-refractivity contribution in [2.45, 2.75) is 38.8 Å². The van der Waals surface area contributed by atoms with Crippen LogP contribution in [-0.4, -0.2) is 18.6 Å². The van der Waals surface area contributed by atoms with Gasteiger partial charge in [0.05, 0.1) is 12.6 Å². The number of carbonyl (C=O) groups excluding carboxylic acids is 1. The summed E-state index contributed by atoms with van der Waals surface area (Å²) in [7, 11) is 1.62. The molecule has 0 unspecified atom stereocenters. The average Bonchev–Trinajstić information content (AvgIpc) is 2.43. The molecule has 0 aliphatic rings. The first-order chi connectivity index (χ1) is 8.57. The Morgan fingerprint density at radius 1 is 1.33 bits per heavy atom. The fourth-order valence-electron chi connectivity index (χ4n) is 1.77. The molecule has 100 valence electrons. The second-order valence-electron chi connectivity index (χ2n) is 4.36. The minimum atomic E-state index is -0.776. The number of amides is 1. The first-order valence-electron chi connectivity index (χ1n) is 6.26. The molecular formula is C14H22N2O2. The predicted molar refractivity (Wildman–Crippen MR) is 72.3 cm³/mol. The van der Waals surface area contributed by atoms with Crippen LogP contribution in [0.4, 0.5) is 0 Å². The van der Waals surface area contributed by atoms with Crippen LogP contribution in [-0.2, 0) is 11.3 Å². The van der Waals surface area contributed by atoms with Crippen LogP contribution in [0.5, 0.6) is 5.75 Å². The molecule has 0 radical (unpaired) electrons. The van der Waals surface area contributed by atoms with Gasteiger partial charge in [-0.15, -0.1) is 0 Å². The van der Waals surface area contributed by atoms with Crippen molar-refractivity contribution in [2.75, 3.05) is 7.11 Å². The summed E-state index contributed by atoms with van der Waals surface area (Å²) in [6.45, 7) is 4.28. The van der Waals surface area contributed by atoms with E-state index in [4.69, 9.17) is 10.5 Å². The lowest BCUT2D eigenvalue weighted by molar-refractivity contribution is -0.126. The first kappa shape index (κ1) is 14.5. The van der Waals surface area contributed by atoms with Crippen molar-refractivity contribution in [1.82, 2.24) is 5.32 Å². The van der Waals surface area contributed by atoms with E-state index >= 15 is 0 Å². The van der Waals surface area contributed by atoms with Crippen molar-refractivity contribution in [3.05, 3.63) is 29.8 Å². The zero-order valence-corrected chi connectivity index (χ0v) is 11.3. The van der Waals surface area contributed by atoms with Crippen LogP contribution in [0, 0.1) is 0 Å². The highest BCUT2D eigenvalue weighted by atomic mass is 16.5. The van der Waals surface area contributed by atoms with Gasteiger partial charge in [0.2, 0.25) is 5.91 Å². The van der Waals surface area contributed by atoms with Crippen LogP contribution in [0.25, 0.3) is 0 Å². The van der Waals surface area contributed by atoms with Gasteiger partial charge in [-0.25, -0.2) is 0 Å². The summed E-state index contributed by atoms with van der Waals surface area (Å²) in [5.74, 6) is 0.659. The highest BCUT2D eigenvalue weighted by molar-refractivity contribution is 5.85. The van der Waals surface area contributed by atoms with E-state index in [2.05, 4.69) is 5.32 Å². The normalized spacial score (nSPS) is 11.1. The molecule has 0 fully saturated rings. The van der Waals surface area contributed by atoms with Crippen LogP contribution in [0.2, 0.25) is 0 Å². The molecule has 1 rings (SSSR count). The lowest BCUT2D eigenvalue weighted by Gasteiger charge is -2.25. The van der Waals surface area contributed by atoms with Gasteiger partial charge >= 0.3 is 0 Å². The van der Waals surface area contributed by atoms with Crippen molar-refractivity contribution in [3.63, 3.8) is 0 Å². The van der Waals surface area contributed by atoms with Crippen molar-refractivity contribution >= 4 is 5.91 Å². The lowest BCUT2D eigenvalue weighted by Crippen LogP contribution is -2.52. The highest BCUT2D eigenvalue weighted by Gasteiger charge is 2.29. The van der Waals surface area contributed by atoms with E-state index < -0.39 is 5.54 Å². The van der Waals surface area contributed by atoms with Crippen molar-refractivity contribution in [2.24, 2.45) is 5.73 Å². The Morgan fingerprint density at radius 3 is 2.50 bits per heavy atom. The van der Waals surface area contributed by atoms with Crippen LogP contribution in [0.3, 0.4) is 0 Å². The zero-order valence-electron chi connectivity index (χ0n) is 11.3. The third kappa shape index (κ3) is 3.23. The minimum absolute atomic E-state index is 0.113. The summed E-state index contributed by atoms with van der Waals surface area (Å²) in [6, 6.07) is 7.61. The van der Waals surface area contributed by atoms with Gasteiger partial charge < -0.3 is 15.8 Å². The maximum atomic E-state index is 12.0. The number of nitrogens with two attached hydrogens (primary N) is 1. The third-order valence-electron chi connectivity index (χ3n) is 3.35. The largest absolute Gasteiger partial charge is 0.496 e. The van der Waals surface area contributed by atoms with Gasteiger partial charge in [-0.05, 0) is 18.9 Å². The van der Waals surface area contributed by atoms with Gasteiger partial charge in [0.25, 0.3) is 0 Å². The Kier molecular flexibility index (Phi) is 5.16. The Balaban J connectivity index is 2.68. The van der Waals surface area contributed by atoms with Crippen molar-refractivity contribution < 1.29 is 9.53 Å². The maximum Gasteiger partial charge on any atom is 0.240 e. The molecule has 0 spiro atoms. The Bertz CT molecular complexity index is 401. The van der Waals surface area contributed by atoms with Crippen LogP contribution in [0.15, 0.2) is 24.3 Å². The highest BCUT2D eigenvalue weighted by Crippen LogP contribution is 2.17. The van der Waals surface area contributed by atoms with Gasteiger partial charge in [-0.1, -0.05) is 32.0 Å². The molecule has 0 atom stereocenters. The quantitative estimate of drug-likeness (QED) is 0.809. The number of carbonyl (C=O) groups is 1. The Labute approximate surface area is 109 Å². The molecule has 0 saturated carbocycles. The van der Waals surface area contributed by atoms with Crippen molar-refractivity contribution in [1.29, 1.82) is 0 Å². The molecule has 0 saturated heterocycles. The van der Waals surface area contributed by atoms with Gasteiger partial charge in [-0.2, -0.15) is 0 Å². The smallest absolute Gasteiger partial charge is 0.240 e. The summed E-state index contributed by atoms with van der Waals surface area (Å²) >= 11 is 0. The second-order valence-corrected chi connectivity index (χ2v) is 4.36. The number of hydrogen-bond donors (Lipinski definition) is 2. The van der Waals surface area contributed by atoms with Crippen LogP contribution < -0.4 is 15.8 Å². The summed E-state index contributed by atoms with van der Waals surface area (Å²) in [5.41, 5.74) is 6.20. The Morgan fingerprint density at radius 2 is 1.94 bits per heavy atom. The summed E-state index contributed by atoms with van der Waals surface area (Å²) in [4.78, 5) is 12.0. The maximum absolute atomic E-state index is 12.0. The number of benzene rings is 1. The number of rotatable bonds is 6. The van der Waals surface area contributed by atoms with E-state index in [1.807, 2.05) is 38.1 Å². The molecule has 0 heterocycles. The molecule has 4 nitrogen and oxygen atoms in total. The average molecular weight is 250 g/mol. The molecule has 1 aromatic rings. The van der Waals surface area contributed by atoms with E-state index in [1.54, 1.807) is 7.11 Å².